The number of carbonyl (C=O) groups is 3. The van der Waals surface area contributed by atoms with E-state index in [1.165, 1.54) is 4.90 Å². The van der Waals surface area contributed by atoms with Gasteiger partial charge in [-0.05, 0) is 19.1 Å². The zero-order valence-corrected chi connectivity index (χ0v) is 13.8. The Morgan fingerprint density at radius 3 is 2.73 bits per heavy atom. The second-order valence-corrected chi connectivity index (χ2v) is 6.42. The number of carbonyl (C=O) groups excluding carboxylic acids is 3. The molecular weight excluding hydrogens is 350 g/mol. The van der Waals surface area contributed by atoms with Gasteiger partial charge < -0.3 is 0 Å². The Labute approximate surface area is 135 Å². The highest BCUT2D eigenvalue weighted by atomic mass is 79.9. The van der Waals surface area contributed by atoms with Crippen molar-refractivity contribution in [3.63, 3.8) is 0 Å². The molecule has 1 fully saturated rings. The molecule has 0 radical (unpaired) electrons. The fraction of sp³-hybridized carbons (Fsp3) is 0.333. The molecule has 114 valence electrons. The van der Waals surface area contributed by atoms with E-state index in [4.69, 9.17) is 0 Å². The molecule has 1 aromatic carbocycles. The number of hydrogen-bond donors (Lipinski definition) is 1. The molecule has 2 aliphatic rings. The molecule has 2 aliphatic heterocycles. The van der Waals surface area contributed by atoms with Gasteiger partial charge in [-0.1, -0.05) is 15.9 Å². The molecule has 6 nitrogen and oxygen atoms in total. The molecule has 2 heterocycles. The summed E-state index contributed by atoms with van der Waals surface area (Å²) in [5.74, 6) is -0.962. The molecule has 2 bridgehead atoms. The van der Waals surface area contributed by atoms with Crippen molar-refractivity contribution < 1.29 is 19.0 Å². The van der Waals surface area contributed by atoms with Crippen LogP contribution in [-0.4, -0.2) is 46.6 Å². The van der Waals surface area contributed by atoms with Crippen molar-refractivity contribution in [2.75, 3.05) is 7.05 Å². The standard InChI is InChI=1S/C15H14BrN3O3/c1-8-10-5-9(16)6-12(8)18(2)7-19(15(10)22)11-3-4-13(20)17-14(11)21/h5-7,11H,3-4H2,1-2H3/p+1. The third-order valence-electron chi connectivity index (χ3n) is 4.03. The van der Waals surface area contributed by atoms with Crippen molar-refractivity contribution in [1.29, 1.82) is 0 Å². The van der Waals surface area contributed by atoms with E-state index in [-0.39, 0.29) is 18.2 Å². The molecule has 1 unspecified atom stereocenters. The first-order valence-corrected chi connectivity index (χ1v) is 7.72. The van der Waals surface area contributed by atoms with Gasteiger partial charge in [0, 0.05) is 22.9 Å². The molecule has 7 heteroatoms. The number of rotatable bonds is 1. The molecular formula is C15H15BrN3O3+. The summed E-state index contributed by atoms with van der Waals surface area (Å²) in [5, 5.41) is 2.30. The van der Waals surface area contributed by atoms with Crippen LogP contribution in [-0.2, 0) is 9.59 Å². The number of hydrogen-bond acceptors (Lipinski definition) is 3. The number of nitrogens with zero attached hydrogens (tertiary/aromatic N) is 2. The second kappa shape index (κ2) is 5.31. The van der Waals surface area contributed by atoms with E-state index in [9.17, 15) is 14.4 Å². The van der Waals surface area contributed by atoms with Crippen molar-refractivity contribution in [2.24, 2.45) is 0 Å². The number of amides is 3. The minimum atomic E-state index is -0.667. The lowest BCUT2D eigenvalue weighted by molar-refractivity contribution is -0.404. The second-order valence-electron chi connectivity index (χ2n) is 5.50. The molecule has 3 rings (SSSR count). The predicted octanol–water partition coefficient (Wildman–Crippen LogP) is 1.32. The largest absolute Gasteiger partial charge is 0.341 e. The van der Waals surface area contributed by atoms with Gasteiger partial charge in [0.2, 0.25) is 12.2 Å². The summed E-state index contributed by atoms with van der Waals surface area (Å²) in [6, 6.07) is 3.02. The Morgan fingerprint density at radius 2 is 2.05 bits per heavy atom. The smallest absolute Gasteiger partial charge is 0.293 e. The molecule has 1 atom stereocenters. The van der Waals surface area contributed by atoms with Crippen LogP contribution in [0.1, 0.15) is 28.8 Å². The van der Waals surface area contributed by atoms with Crippen LogP contribution in [0.25, 0.3) is 0 Å². The highest BCUT2D eigenvalue weighted by molar-refractivity contribution is 9.10. The fourth-order valence-corrected chi connectivity index (χ4v) is 3.31. The Hall–Kier alpha value is -2.02. The average molecular weight is 365 g/mol. The monoisotopic (exact) mass is 364 g/mol. The van der Waals surface area contributed by atoms with Crippen LogP contribution in [0.15, 0.2) is 16.6 Å². The number of halogens is 1. The number of piperidine rings is 1. The molecule has 1 aromatic rings. The summed E-state index contributed by atoms with van der Waals surface area (Å²) in [4.78, 5) is 37.6. The first-order valence-electron chi connectivity index (χ1n) is 6.93. The summed E-state index contributed by atoms with van der Waals surface area (Å²) < 4.78 is 2.62. The molecule has 0 aliphatic carbocycles. The van der Waals surface area contributed by atoms with E-state index in [1.807, 2.05) is 24.6 Å². The summed E-state index contributed by atoms with van der Waals surface area (Å²) in [6.07, 6.45) is 2.19. The van der Waals surface area contributed by atoms with Crippen molar-refractivity contribution in [3.05, 3.63) is 27.7 Å². The van der Waals surface area contributed by atoms with E-state index < -0.39 is 11.9 Å². The third kappa shape index (κ3) is 2.35. The Balaban J connectivity index is 2.07. The SMILES string of the molecule is Cc1c2cc(Br)cc1[N+](C)=CN(C1CCC(=O)NC1=O)C2=O. The summed E-state index contributed by atoms with van der Waals surface area (Å²) in [6.45, 7) is 1.88. The van der Waals surface area contributed by atoms with Gasteiger partial charge in [-0.3, -0.25) is 14.9 Å². The Kier molecular flexibility index (Phi) is 3.60. The van der Waals surface area contributed by atoms with Crippen molar-refractivity contribution in [3.8, 4) is 0 Å². The number of imide groups is 1. The topological polar surface area (TPSA) is 69.5 Å². The molecule has 0 aromatic heterocycles. The molecule has 3 amide bonds. The van der Waals surface area contributed by atoms with Crippen molar-refractivity contribution >= 4 is 45.7 Å². The maximum atomic E-state index is 12.8. The van der Waals surface area contributed by atoms with Crippen LogP contribution < -0.4 is 5.32 Å². The van der Waals surface area contributed by atoms with E-state index in [0.29, 0.717) is 12.0 Å². The van der Waals surface area contributed by atoms with Crippen molar-refractivity contribution in [1.82, 2.24) is 10.2 Å². The first kappa shape index (κ1) is 14.9. The lowest BCUT2D eigenvalue weighted by Gasteiger charge is -2.24. The highest BCUT2D eigenvalue weighted by Crippen LogP contribution is 2.30. The number of fused-ring (bicyclic) bond motifs is 2. The van der Waals surface area contributed by atoms with Crippen LogP contribution in [0.2, 0.25) is 0 Å². The minimum Gasteiger partial charge on any atom is -0.293 e. The van der Waals surface area contributed by atoms with Gasteiger partial charge in [0.25, 0.3) is 5.91 Å². The third-order valence-corrected chi connectivity index (χ3v) is 4.49. The van der Waals surface area contributed by atoms with Gasteiger partial charge in [0.05, 0.1) is 12.6 Å². The van der Waals surface area contributed by atoms with E-state index >= 15 is 0 Å². The lowest BCUT2D eigenvalue weighted by atomic mass is 10.0. The zero-order chi connectivity index (χ0) is 16.0. The molecule has 1 saturated heterocycles. The quantitative estimate of drug-likeness (QED) is 0.603. The number of nitrogens with one attached hydrogen (secondary N) is 1. The molecule has 22 heavy (non-hydrogen) atoms. The lowest BCUT2D eigenvalue weighted by Crippen LogP contribution is -2.54. The zero-order valence-electron chi connectivity index (χ0n) is 12.2. The van der Waals surface area contributed by atoms with Gasteiger partial charge in [0.1, 0.15) is 5.69 Å². The summed E-state index contributed by atoms with van der Waals surface area (Å²) in [5.41, 5.74) is 2.31. The van der Waals surface area contributed by atoms with Crippen LogP contribution in [0.3, 0.4) is 0 Å². The maximum Gasteiger partial charge on any atom is 0.341 e. The van der Waals surface area contributed by atoms with E-state index in [2.05, 4.69) is 21.2 Å². The average Bonchev–Trinajstić information content (AvgIpc) is 2.50. The van der Waals surface area contributed by atoms with Crippen LogP contribution in [0, 0.1) is 6.92 Å². The van der Waals surface area contributed by atoms with Crippen LogP contribution in [0.5, 0.6) is 0 Å². The Morgan fingerprint density at radius 1 is 1.32 bits per heavy atom. The van der Waals surface area contributed by atoms with Gasteiger partial charge in [-0.25, -0.2) is 9.37 Å². The molecule has 0 spiro atoms. The van der Waals surface area contributed by atoms with Crippen molar-refractivity contribution in [2.45, 2.75) is 25.8 Å². The molecule has 1 N–H and O–H groups in total. The van der Waals surface area contributed by atoms with Gasteiger partial charge in [-0.15, -0.1) is 0 Å². The summed E-state index contributed by atoms with van der Waals surface area (Å²) in [7, 11) is 1.83. The molecule has 0 saturated carbocycles. The minimum absolute atomic E-state index is 0.234. The van der Waals surface area contributed by atoms with Gasteiger partial charge in [0.15, 0.2) is 6.04 Å². The summed E-state index contributed by atoms with van der Waals surface area (Å²) >= 11 is 3.41. The van der Waals surface area contributed by atoms with Gasteiger partial charge in [-0.2, -0.15) is 4.90 Å². The normalized spacial score (nSPS) is 21.4. The van der Waals surface area contributed by atoms with Crippen LogP contribution >= 0.6 is 15.9 Å². The van der Waals surface area contributed by atoms with Gasteiger partial charge >= 0.3 is 5.91 Å². The maximum absolute atomic E-state index is 12.8. The number of benzene rings is 1. The fourth-order valence-electron chi connectivity index (χ4n) is 2.86. The predicted molar refractivity (Wildman–Crippen MR) is 83.1 cm³/mol. The van der Waals surface area contributed by atoms with Crippen LogP contribution in [0.4, 0.5) is 5.69 Å². The van der Waals surface area contributed by atoms with E-state index in [1.54, 1.807) is 12.4 Å². The van der Waals surface area contributed by atoms with E-state index in [0.717, 1.165) is 15.7 Å². The first-order chi connectivity index (χ1) is 10.4. The Bertz CT molecular complexity index is 742. The highest BCUT2D eigenvalue weighted by Gasteiger charge is 2.41.